The van der Waals surface area contributed by atoms with Gasteiger partial charge in [-0.3, -0.25) is 9.79 Å². The van der Waals surface area contributed by atoms with E-state index in [0.717, 1.165) is 0 Å². The molecule has 0 aliphatic carbocycles. The normalized spacial score (nSPS) is 10.8. The van der Waals surface area contributed by atoms with Crippen LogP contribution in [0.3, 0.4) is 0 Å². The maximum absolute atomic E-state index is 13.5. The van der Waals surface area contributed by atoms with E-state index in [0.29, 0.717) is 5.69 Å². The summed E-state index contributed by atoms with van der Waals surface area (Å²) in [4.78, 5) is 15.3. The lowest BCUT2D eigenvalue weighted by molar-refractivity contribution is 0.100. The van der Waals surface area contributed by atoms with E-state index in [1.165, 1.54) is 18.3 Å². The third-order valence-electron chi connectivity index (χ3n) is 2.50. The van der Waals surface area contributed by atoms with Crippen LogP contribution in [0.15, 0.2) is 47.5 Å². The van der Waals surface area contributed by atoms with Crippen LogP contribution in [0.25, 0.3) is 0 Å². The SMILES string of the molecule is NC(=O)c1ccccc1/N=C/c1c(F)cccc1Cl. The molecule has 2 rings (SSSR count). The Balaban J connectivity index is 2.41. The third-order valence-corrected chi connectivity index (χ3v) is 2.83. The van der Waals surface area contributed by atoms with Crippen molar-refractivity contribution in [3.63, 3.8) is 0 Å². The number of carbonyl (C=O) groups is 1. The van der Waals surface area contributed by atoms with Gasteiger partial charge in [0.1, 0.15) is 5.82 Å². The number of carbonyl (C=O) groups excluding carboxylic acids is 1. The number of para-hydroxylation sites is 1. The number of nitrogens with zero attached hydrogens (tertiary/aromatic N) is 1. The van der Waals surface area contributed by atoms with Crippen molar-refractivity contribution in [2.45, 2.75) is 0 Å². The van der Waals surface area contributed by atoms with Crippen LogP contribution in [0.2, 0.25) is 5.02 Å². The van der Waals surface area contributed by atoms with Gasteiger partial charge >= 0.3 is 0 Å². The minimum Gasteiger partial charge on any atom is -0.366 e. The number of primary amides is 1. The maximum atomic E-state index is 13.5. The van der Waals surface area contributed by atoms with Crippen LogP contribution in [0.4, 0.5) is 10.1 Å². The summed E-state index contributed by atoms with van der Waals surface area (Å²) >= 11 is 5.88. The fourth-order valence-corrected chi connectivity index (χ4v) is 1.77. The average Bonchev–Trinajstić information content (AvgIpc) is 2.38. The summed E-state index contributed by atoms with van der Waals surface area (Å²) in [7, 11) is 0. The molecule has 0 bridgehead atoms. The highest BCUT2D eigenvalue weighted by molar-refractivity contribution is 6.33. The molecule has 96 valence electrons. The monoisotopic (exact) mass is 276 g/mol. The smallest absolute Gasteiger partial charge is 0.250 e. The van der Waals surface area contributed by atoms with Crippen LogP contribution < -0.4 is 5.73 Å². The molecule has 3 nitrogen and oxygen atoms in total. The van der Waals surface area contributed by atoms with Gasteiger partial charge in [-0.25, -0.2) is 4.39 Å². The van der Waals surface area contributed by atoms with Crippen LogP contribution in [-0.2, 0) is 0 Å². The minimum absolute atomic E-state index is 0.170. The molecule has 0 unspecified atom stereocenters. The highest BCUT2D eigenvalue weighted by Crippen LogP contribution is 2.21. The molecular weight excluding hydrogens is 267 g/mol. The van der Waals surface area contributed by atoms with Crippen molar-refractivity contribution in [2.24, 2.45) is 10.7 Å². The van der Waals surface area contributed by atoms with Gasteiger partial charge in [0.2, 0.25) is 0 Å². The van der Waals surface area contributed by atoms with E-state index >= 15 is 0 Å². The predicted molar refractivity (Wildman–Crippen MR) is 73.6 cm³/mol. The number of benzene rings is 2. The van der Waals surface area contributed by atoms with Gasteiger partial charge < -0.3 is 5.73 Å². The molecule has 0 heterocycles. The second kappa shape index (κ2) is 5.63. The number of hydrogen-bond acceptors (Lipinski definition) is 2. The van der Waals surface area contributed by atoms with Gasteiger partial charge in [-0.15, -0.1) is 0 Å². The van der Waals surface area contributed by atoms with E-state index in [9.17, 15) is 9.18 Å². The Kier molecular flexibility index (Phi) is 3.92. The van der Waals surface area contributed by atoms with E-state index in [2.05, 4.69) is 4.99 Å². The van der Waals surface area contributed by atoms with Gasteiger partial charge in [-0.2, -0.15) is 0 Å². The number of rotatable bonds is 3. The van der Waals surface area contributed by atoms with Crippen LogP contribution in [0.1, 0.15) is 15.9 Å². The van der Waals surface area contributed by atoms with Gasteiger partial charge in [0.05, 0.1) is 16.3 Å². The highest BCUT2D eigenvalue weighted by atomic mass is 35.5. The Labute approximate surface area is 114 Å². The first-order valence-electron chi connectivity index (χ1n) is 5.46. The van der Waals surface area contributed by atoms with Crippen LogP contribution >= 0.6 is 11.6 Å². The van der Waals surface area contributed by atoms with Crippen LogP contribution in [0, 0.1) is 5.82 Å². The summed E-state index contributed by atoms with van der Waals surface area (Å²) in [6, 6.07) is 10.9. The lowest BCUT2D eigenvalue weighted by Crippen LogP contribution is -2.10. The van der Waals surface area contributed by atoms with Gasteiger partial charge in [-0.1, -0.05) is 29.8 Å². The molecule has 0 atom stereocenters. The molecule has 0 spiro atoms. The Bertz CT molecular complexity index is 635. The third kappa shape index (κ3) is 2.98. The molecule has 0 radical (unpaired) electrons. The van der Waals surface area contributed by atoms with E-state index in [-0.39, 0.29) is 16.1 Å². The van der Waals surface area contributed by atoms with Gasteiger partial charge in [0, 0.05) is 11.8 Å². The second-order valence-electron chi connectivity index (χ2n) is 3.77. The molecule has 0 aliphatic rings. The molecule has 0 saturated carbocycles. The Morgan fingerprint density at radius 3 is 2.63 bits per heavy atom. The fourth-order valence-electron chi connectivity index (χ4n) is 1.56. The first kappa shape index (κ1) is 13.2. The Hall–Kier alpha value is -2.20. The zero-order valence-electron chi connectivity index (χ0n) is 9.81. The molecule has 1 amide bonds. The van der Waals surface area contributed by atoms with Crippen molar-refractivity contribution < 1.29 is 9.18 Å². The number of hydrogen-bond donors (Lipinski definition) is 1. The van der Waals surface area contributed by atoms with Crippen molar-refractivity contribution in [3.8, 4) is 0 Å². The largest absolute Gasteiger partial charge is 0.366 e. The molecule has 0 aromatic heterocycles. The van der Waals surface area contributed by atoms with E-state index in [1.54, 1.807) is 30.3 Å². The molecule has 0 fully saturated rings. The predicted octanol–water partition coefficient (Wildman–Crippen LogP) is 3.33. The van der Waals surface area contributed by atoms with Gasteiger partial charge in [0.25, 0.3) is 5.91 Å². The summed E-state index contributed by atoms with van der Waals surface area (Å²) < 4.78 is 13.5. The van der Waals surface area contributed by atoms with E-state index in [4.69, 9.17) is 17.3 Å². The second-order valence-corrected chi connectivity index (χ2v) is 4.18. The lowest BCUT2D eigenvalue weighted by Gasteiger charge is -2.02. The summed E-state index contributed by atoms with van der Waals surface area (Å²) in [6.07, 6.45) is 1.28. The highest BCUT2D eigenvalue weighted by Gasteiger charge is 2.07. The van der Waals surface area contributed by atoms with Crippen LogP contribution in [0.5, 0.6) is 0 Å². The first-order valence-corrected chi connectivity index (χ1v) is 5.84. The molecule has 0 aliphatic heterocycles. The number of amides is 1. The first-order chi connectivity index (χ1) is 9.09. The number of nitrogens with two attached hydrogens (primary N) is 1. The molecule has 2 N–H and O–H groups in total. The molecule has 5 heteroatoms. The zero-order valence-corrected chi connectivity index (χ0v) is 10.6. The standard InChI is InChI=1S/C14H10ClFN2O/c15-11-5-3-6-12(16)10(11)8-18-13-7-2-1-4-9(13)14(17)19/h1-8H,(H2,17,19)/b18-8+. The molecule has 2 aromatic carbocycles. The number of halogens is 2. The fraction of sp³-hybridized carbons (Fsp3) is 0. The zero-order chi connectivity index (χ0) is 13.8. The molecule has 19 heavy (non-hydrogen) atoms. The quantitative estimate of drug-likeness (QED) is 0.859. The van der Waals surface area contributed by atoms with Crippen molar-refractivity contribution in [1.82, 2.24) is 0 Å². The van der Waals surface area contributed by atoms with E-state index in [1.807, 2.05) is 0 Å². The Morgan fingerprint density at radius 1 is 1.21 bits per heavy atom. The average molecular weight is 277 g/mol. The van der Waals surface area contributed by atoms with Crippen molar-refractivity contribution in [1.29, 1.82) is 0 Å². The summed E-state index contributed by atoms with van der Waals surface area (Å²) in [6.45, 7) is 0. The van der Waals surface area contributed by atoms with Crippen molar-refractivity contribution in [2.75, 3.05) is 0 Å². The van der Waals surface area contributed by atoms with Gasteiger partial charge in [-0.05, 0) is 24.3 Å². The van der Waals surface area contributed by atoms with E-state index < -0.39 is 11.7 Å². The molecular formula is C14H10ClFN2O. The summed E-state index contributed by atoms with van der Waals surface area (Å²) in [5.41, 5.74) is 6.04. The van der Waals surface area contributed by atoms with Gasteiger partial charge in [0.15, 0.2) is 0 Å². The maximum Gasteiger partial charge on any atom is 0.250 e. The van der Waals surface area contributed by atoms with Crippen molar-refractivity contribution >= 4 is 29.4 Å². The topological polar surface area (TPSA) is 55.5 Å². The summed E-state index contributed by atoms with van der Waals surface area (Å²) in [5.74, 6) is -1.07. The van der Waals surface area contributed by atoms with Crippen molar-refractivity contribution in [3.05, 3.63) is 64.4 Å². The van der Waals surface area contributed by atoms with Crippen LogP contribution in [-0.4, -0.2) is 12.1 Å². The minimum atomic E-state index is -0.590. The lowest BCUT2D eigenvalue weighted by atomic mass is 10.1. The Morgan fingerprint density at radius 2 is 1.95 bits per heavy atom. The summed E-state index contributed by atoms with van der Waals surface area (Å²) in [5, 5.41) is 0.250. The number of aliphatic imine (C=N–C) groups is 1. The molecule has 2 aromatic rings. The molecule has 0 saturated heterocycles.